The molecule has 0 unspecified atom stereocenters. The highest BCUT2D eigenvalue weighted by Gasteiger charge is 2.16. The molecule has 2 heterocycles. The van der Waals surface area contributed by atoms with Gasteiger partial charge in [0.15, 0.2) is 0 Å². The van der Waals surface area contributed by atoms with Crippen molar-refractivity contribution >= 4 is 27.6 Å². The van der Waals surface area contributed by atoms with Crippen LogP contribution in [0.2, 0.25) is 0 Å². The minimum atomic E-state index is -3.84. The van der Waals surface area contributed by atoms with Gasteiger partial charge in [-0.25, -0.2) is 23.1 Å². The van der Waals surface area contributed by atoms with E-state index in [9.17, 15) is 13.2 Å². The summed E-state index contributed by atoms with van der Waals surface area (Å²) in [6, 6.07) is 11.1. The number of nitrogens with zero attached hydrogens (tertiary/aromatic N) is 3. The van der Waals surface area contributed by atoms with E-state index in [0.29, 0.717) is 17.1 Å². The Labute approximate surface area is 182 Å². The summed E-state index contributed by atoms with van der Waals surface area (Å²) in [7, 11) is -3.84. The van der Waals surface area contributed by atoms with Gasteiger partial charge in [0.2, 0.25) is 5.95 Å². The van der Waals surface area contributed by atoms with Crippen molar-refractivity contribution in [3.05, 3.63) is 71.8 Å². The average Bonchev–Trinajstić information content (AvgIpc) is 2.74. The minimum absolute atomic E-state index is 0.00148. The van der Waals surface area contributed by atoms with Crippen molar-refractivity contribution < 1.29 is 13.2 Å². The van der Waals surface area contributed by atoms with Gasteiger partial charge in [-0.1, -0.05) is 25.8 Å². The van der Waals surface area contributed by atoms with Crippen LogP contribution >= 0.6 is 0 Å². The van der Waals surface area contributed by atoms with Gasteiger partial charge in [-0.3, -0.25) is 9.78 Å². The Hall–Kier alpha value is -3.33. The lowest BCUT2D eigenvalue weighted by atomic mass is 10.1. The van der Waals surface area contributed by atoms with Crippen LogP contribution in [0.3, 0.4) is 0 Å². The molecule has 0 saturated heterocycles. The van der Waals surface area contributed by atoms with E-state index < -0.39 is 10.0 Å². The number of aryl methyl sites for hydroxylation is 2. The zero-order chi connectivity index (χ0) is 22.3. The zero-order valence-electron chi connectivity index (χ0n) is 17.5. The average molecular weight is 440 g/mol. The number of sulfonamides is 1. The first-order valence-electron chi connectivity index (χ1n) is 10.1. The molecule has 3 rings (SSSR count). The standard InChI is InChI=1S/C22H25N5O3S/c1-3-4-5-6-17-7-12-20(24-15-17)21(28)26-18-8-10-19(11-9-18)31(29,30)27-22-23-14-13-16(2)25-22/h7-15H,3-6H2,1-2H3,(H,26,28)(H,23,25,27). The van der Waals surface area contributed by atoms with Crippen LogP contribution in [0.25, 0.3) is 0 Å². The number of nitrogens with one attached hydrogen (secondary N) is 2. The lowest BCUT2D eigenvalue weighted by molar-refractivity contribution is 0.102. The number of benzene rings is 1. The van der Waals surface area contributed by atoms with Crippen molar-refractivity contribution in [2.24, 2.45) is 0 Å². The second kappa shape index (κ2) is 10.1. The van der Waals surface area contributed by atoms with Crippen LogP contribution in [-0.4, -0.2) is 29.3 Å². The third kappa shape index (κ3) is 6.32. The summed E-state index contributed by atoms with van der Waals surface area (Å²) in [4.78, 5) is 24.6. The third-order valence-electron chi connectivity index (χ3n) is 4.57. The maximum absolute atomic E-state index is 12.5. The molecule has 31 heavy (non-hydrogen) atoms. The Bertz CT molecular complexity index is 1130. The van der Waals surface area contributed by atoms with Gasteiger partial charge in [0.25, 0.3) is 15.9 Å². The molecular weight excluding hydrogens is 414 g/mol. The molecule has 0 bridgehead atoms. The summed E-state index contributed by atoms with van der Waals surface area (Å²) >= 11 is 0. The van der Waals surface area contributed by atoms with Crippen LogP contribution in [0.15, 0.2) is 59.8 Å². The van der Waals surface area contributed by atoms with Gasteiger partial charge in [0.1, 0.15) is 5.69 Å². The zero-order valence-corrected chi connectivity index (χ0v) is 18.3. The van der Waals surface area contributed by atoms with E-state index in [0.717, 1.165) is 24.8 Å². The molecule has 3 aromatic rings. The Kier molecular flexibility index (Phi) is 7.30. The number of amides is 1. The molecule has 0 saturated carbocycles. The summed E-state index contributed by atoms with van der Waals surface area (Å²) in [5, 5.41) is 2.72. The number of anilines is 2. The first kappa shape index (κ1) is 22.4. The first-order valence-corrected chi connectivity index (χ1v) is 11.5. The molecule has 0 aliphatic rings. The Balaban J connectivity index is 1.62. The van der Waals surface area contributed by atoms with E-state index in [2.05, 4.69) is 31.9 Å². The van der Waals surface area contributed by atoms with Crippen molar-refractivity contribution in [3.63, 3.8) is 0 Å². The molecule has 1 aromatic carbocycles. The quantitative estimate of drug-likeness (QED) is 0.488. The van der Waals surface area contributed by atoms with E-state index in [1.165, 1.54) is 36.9 Å². The summed E-state index contributed by atoms with van der Waals surface area (Å²) in [6.07, 6.45) is 7.57. The number of hydrogen-bond acceptors (Lipinski definition) is 6. The highest BCUT2D eigenvalue weighted by atomic mass is 32.2. The highest BCUT2D eigenvalue weighted by molar-refractivity contribution is 7.92. The van der Waals surface area contributed by atoms with Gasteiger partial charge in [0.05, 0.1) is 4.90 Å². The van der Waals surface area contributed by atoms with E-state index in [-0.39, 0.29) is 16.8 Å². The van der Waals surface area contributed by atoms with Gasteiger partial charge in [-0.15, -0.1) is 0 Å². The van der Waals surface area contributed by atoms with Crippen molar-refractivity contribution in [1.82, 2.24) is 15.0 Å². The molecule has 2 N–H and O–H groups in total. The molecule has 1 amide bonds. The summed E-state index contributed by atoms with van der Waals surface area (Å²) in [5.41, 5.74) is 2.51. The molecule has 0 aliphatic carbocycles. The normalized spacial score (nSPS) is 11.2. The van der Waals surface area contributed by atoms with Crippen molar-refractivity contribution in [2.45, 2.75) is 44.4 Å². The largest absolute Gasteiger partial charge is 0.321 e. The predicted octanol–water partition coefficient (Wildman–Crippen LogP) is 3.97. The maximum Gasteiger partial charge on any atom is 0.274 e. The van der Waals surface area contributed by atoms with Crippen molar-refractivity contribution in [1.29, 1.82) is 0 Å². The number of hydrogen-bond donors (Lipinski definition) is 2. The Morgan fingerprint density at radius 1 is 1.00 bits per heavy atom. The Morgan fingerprint density at radius 3 is 2.42 bits per heavy atom. The molecule has 8 nitrogen and oxygen atoms in total. The van der Waals surface area contributed by atoms with Crippen LogP contribution in [0.1, 0.15) is 47.9 Å². The van der Waals surface area contributed by atoms with E-state index in [1.807, 2.05) is 6.07 Å². The second-order valence-electron chi connectivity index (χ2n) is 7.11. The van der Waals surface area contributed by atoms with E-state index >= 15 is 0 Å². The molecule has 0 aliphatic heterocycles. The van der Waals surface area contributed by atoms with E-state index in [4.69, 9.17) is 0 Å². The third-order valence-corrected chi connectivity index (χ3v) is 5.91. The molecule has 0 atom stereocenters. The molecule has 0 fully saturated rings. The monoisotopic (exact) mass is 439 g/mol. The number of carbonyl (C=O) groups excluding carboxylic acids is 1. The number of unbranched alkanes of at least 4 members (excludes halogenated alkanes) is 2. The van der Waals surface area contributed by atoms with Crippen LogP contribution < -0.4 is 10.0 Å². The molecule has 9 heteroatoms. The summed E-state index contributed by atoms with van der Waals surface area (Å²) in [5.74, 6) is -0.358. The van der Waals surface area contributed by atoms with Crippen molar-refractivity contribution in [2.75, 3.05) is 10.0 Å². The Morgan fingerprint density at radius 2 is 1.77 bits per heavy atom. The smallest absolute Gasteiger partial charge is 0.274 e. The maximum atomic E-state index is 12.5. The lowest BCUT2D eigenvalue weighted by Crippen LogP contribution is -2.16. The number of aromatic nitrogens is 3. The highest BCUT2D eigenvalue weighted by Crippen LogP contribution is 2.17. The molecule has 0 radical (unpaired) electrons. The van der Waals surface area contributed by atoms with Gasteiger partial charge in [-0.05, 0) is 61.7 Å². The number of carbonyl (C=O) groups is 1. The SMILES string of the molecule is CCCCCc1ccc(C(=O)Nc2ccc(S(=O)(=O)Nc3nccc(C)n3)cc2)nc1. The topological polar surface area (TPSA) is 114 Å². The van der Waals surface area contributed by atoms with Crippen LogP contribution in [-0.2, 0) is 16.4 Å². The van der Waals surface area contributed by atoms with Crippen molar-refractivity contribution in [3.8, 4) is 0 Å². The van der Waals surface area contributed by atoms with Crippen LogP contribution in [0.4, 0.5) is 11.6 Å². The lowest BCUT2D eigenvalue weighted by Gasteiger charge is -2.09. The fourth-order valence-electron chi connectivity index (χ4n) is 2.88. The van der Waals surface area contributed by atoms with Gasteiger partial charge >= 0.3 is 0 Å². The summed E-state index contributed by atoms with van der Waals surface area (Å²) in [6.45, 7) is 3.90. The van der Waals surface area contributed by atoms with Gasteiger partial charge in [0, 0.05) is 23.8 Å². The number of rotatable bonds is 9. The van der Waals surface area contributed by atoms with E-state index in [1.54, 1.807) is 25.3 Å². The molecule has 2 aromatic heterocycles. The van der Waals surface area contributed by atoms with Crippen LogP contribution in [0, 0.1) is 6.92 Å². The van der Waals surface area contributed by atoms with Gasteiger partial charge in [-0.2, -0.15) is 0 Å². The second-order valence-corrected chi connectivity index (χ2v) is 8.80. The fourth-order valence-corrected chi connectivity index (χ4v) is 3.83. The van der Waals surface area contributed by atoms with Gasteiger partial charge < -0.3 is 5.32 Å². The summed E-state index contributed by atoms with van der Waals surface area (Å²) < 4.78 is 27.3. The first-order chi connectivity index (χ1) is 14.9. The fraction of sp³-hybridized carbons (Fsp3) is 0.273. The minimum Gasteiger partial charge on any atom is -0.321 e. The molecular formula is C22H25N5O3S. The predicted molar refractivity (Wildman–Crippen MR) is 119 cm³/mol. The van der Waals surface area contributed by atoms with Crippen LogP contribution in [0.5, 0.6) is 0 Å². The molecule has 162 valence electrons. The molecule has 0 spiro atoms. The number of pyridine rings is 1.